The lowest BCUT2D eigenvalue weighted by molar-refractivity contribution is 0.0950. The number of hydrogen-bond acceptors (Lipinski definition) is 5. The summed E-state index contributed by atoms with van der Waals surface area (Å²) in [6.45, 7) is 3.45. The zero-order valence-corrected chi connectivity index (χ0v) is 24.1. The van der Waals surface area contributed by atoms with Gasteiger partial charge in [-0.1, -0.05) is 78.9 Å². The van der Waals surface area contributed by atoms with E-state index in [9.17, 15) is 9.59 Å². The molecule has 5 aromatic rings. The van der Waals surface area contributed by atoms with Crippen molar-refractivity contribution in [2.45, 2.75) is 6.54 Å². The minimum absolute atomic E-state index is 0.188. The standard InChI is InChI=1S/C36H34N4O3/c1-43-34-17-8-7-16-33(34)40-22-20-39(21-23-40)32-19-18-28(24-31(32)35(41)37-25-26-10-3-2-4-11-26)38-36(42)30-15-9-13-27-12-5-6-14-29(27)30/h2-19,24H,20-23,25H2,1H3,(H,37,41)(H,38,42). The number of nitrogens with one attached hydrogen (secondary N) is 2. The smallest absolute Gasteiger partial charge is 0.256 e. The van der Waals surface area contributed by atoms with Crippen LogP contribution in [0.2, 0.25) is 0 Å². The predicted octanol–water partition coefficient (Wildman–Crippen LogP) is 6.36. The van der Waals surface area contributed by atoms with Gasteiger partial charge in [-0.15, -0.1) is 0 Å². The molecule has 0 aliphatic carbocycles. The molecule has 1 saturated heterocycles. The molecule has 0 radical (unpaired) electrons. The molecule has 0 aromatic heterocycles. The van der Waals surface area contributed by atoms with E-state index in [0.29, 0.717) is 23.4 Å². The van der Waals surface area contributed by atoms with Crippen molar-refractivity contribution >= 4 is 39.6 Å². The fourth-order valence-corrected chi connectivity index (χ4v) is 5.65. The summed E-state index contributed by atoms with van der Waals surface area (Å²) in [5.41, 5.74) is 4.61. The maximum Gasteiger partial charge on any atom is 0.256 e. The first-order chi connectivity index (χ1) is 21.1. The first-order valence-corrected chi connectivity index (χ1v) is 14.5. The lowest BCUT2D eigenvalue weighted by Crippen LogP contribution is -2.47. The molecule has 0 atom stereocenters. The summed E-state index contributed by atoms with van der Waals surface area (Å²) in [7, 11) is 1.69. The van der Waals surface area contributed by atoms with E-state index in [-0.39, 0.29) is 11.8 Å². The van der Waals surface area contributed by atoms with E-state index in [0.717, 1.165) is 59.6 Å². The van der Waals surface area contributed by atoms with Gasteiger partial charge in [-0.2, -0.15) is 0 Å². The first kappa shape index (κ1) is 27.8. The Kier molecular flexibility index (Phi) is 8.22. The lowest BCUT2D eigenvalue weighted by Gasteiger charge is -2.38. The number of methoxy groups -OCH3 is 1. The quantitative estimate of drug-likeness (QED) is 0.227. The van der Waals surface area contributed by atoms with Crippen molar-refractivity contribution in [3.8, 4) is 5.75 Å². The van der Waals surface area contributed by atoms with Crippen molar-refractivity contribution < 1.29 is 14.3 Å². The van der Waals surface area contributed by atoms with Crippen LogP contribution < -0.4 is 25.2 Å². The third-order valence-electron chi connectivity index (χ3n) is 7.88. The maximum atomic E-state index is 13.7. The van der Waals surface area contributed by atoms with Gasteiger partial charge >= 0.3 is 0 Å². The lowest BCUT2D eigenvalue weighted by atomic mass is 10.0. The zero-order valence-electron chi connectivity index (χ0n) is 24.1. The van der Waals surface area contributed by atoms with Crippen LogP contribution in [-0.2, 0) is 6.54 Å². The van der Waals surface area contributed by atoms with E-state index in [1.165, 1.54) is 0 Å². The van der Waals surface area contributed by atoms with E-state index >= 15 is 0 Å². The number of hydrogen-bond donors (Lipinski definition) is 2. The molecule has 1 aliphatic rings. The molecule has 7 nitrogen and oxygen atoms in total. The molecule has 6 rings (SSSR count). The van der Waals surface area contributed by atoms with Crippen LogP contribution in [0.3, 0.4) is 0 Å². The number of benzene rings is 5. The molecule has 1 fully saturated rings. The number of carbonyl (C=O) groups excluding carboxylic acids is 2. The van der Waals surface area contributed by atoms with E-state index < -0.39 is 0 Å². The predicted molar refractivity (Wildman–Crippen MR) is 173 cm³/mol. The van der Waals surface area contributed by atoms with Crippen LogP contribution in [0.1, 0.15) is 26.3 Å². The topological polar surface area (TPSA) is 73.9 Å². The number of nitrogens with zero attached hydrogens (tertiary/aromatic N) is 2. The van der Waals surface area contributed by atoms with Crippen LogP contribution >= 0.6 is 0 Å². The highest BCUT2D eigenvalue weighted by Gasteiger charge is 2.24. The van der Waals surface area contributed by atoms with E-state index in [1.807, 2.05) is 103 Å². The minimum Gasteiger partial charge on any atom is -0.495 e. The molecule has 43 heavy (non-hydrogen) atoms. The molecule has 2 N–H and O–H groups in total. The highest BCUT2D eigenvalue weighted by atomic mass is 16.5. The van der Waals surface area contributed by atoms with Gasteiger partial charge < -0.3 is 25.2 Å². The highest BCUT2D eigenvalue weighted by molar-refractivity contribution is 6.13. The number of piperazine rings is 1. The van der Waals surface area contributed by atoms with Crippen LogP contribution in [0.25, 0.3) is 10.8 Å². The van der Waals surface area contributed by atoms with Gasteiger partial charge in [-0.05, 0) is 52.7 Å². The summed E-state index contributed by atoms with van der Waals surface area (Å²) < 4.78 is 5.58. The van der Waals surface area contributed by atoms with E-state index in [1.54, 1.807) is 13.2 Å². The molecule has 0 bridgehead atoms. The first-order valence-electron chi connectivity index (χ1n) is 14.5. The van der Waals surface area contributed by atoms with Crippen molar-refractivity contribution in [3.05, 3.63) is 132 Å². The number of fused-ring (bicyclic) bond motifs is 1. The SMILES string of the molecule is COc1ccccc1N1CCN(c2ccc(NC(=O)c3cccc4ccccc34)cc2C(=O)NCc2ccccc2)CC1. The van der Waals surface area contributed by atoms with Gasteiger partial charge in [0.15, 0.2) is 0 Å². The van der Waals surface area contributed by atoms with Gasteiger partial charge in [0.25, 0.3) is 11.8 Å². The monoisotopic (exact) mass is 570 g/mol. The Balaban J connectivity index is 1.25. The Morgan fingerprint density at radius 2 is 1.35 bits per heavy atom. The number of carbonyl (C=O) groups is 2. The Bertz CT molecular complexity index is 1740. The van der Waals surface area contributed by atoms with Gasteiger partial charge in [-0.25, -0.2) is 0 Å². The molecule has 2 amide bonds. The highest BCUT2D eigenvalue weighted by Crippen LogP contribution is 2.31. The van der Waals surface area contributed by atoms with Gasteiger partial charge in [-0.3, -0.25) is 9.59 Å². The van der Waals surface area contributed by atoms with E-state index in [4.69, 9.17) is 4.74 Å². The Hall–Kier alpha value is -5.30. The van der Waals surface area contributed by atoms with E-state index in [2.05, 4.69) is 26.5 Å². The number of anilines is 3. The summed E-state index contributed by atoms with van der Waals surface area (Å²) >= 11 is 0. The number of ether oxygens (including phenoxy) is 1. The molecule has 216 valence electrons. The van der Waals surface area contributed by atoms with Crippen molar-refractivity contribution in [1.82, 2.24) is 5.32 Å². The van der Waals surface area contributed by atoms with Gasteiger partial charge in [0, 0.05) is 49.7 Å². The molecular weight excluding hydrogens is 536 g/mol. The van der Waals surface area contributed by atoms with Gasteiger partial charge in [0.2, 0.25) is 0 Å². The van der Waals surface area contributed by atoms with Crippen LogP contribution in [0.5, 0.6) is 5.75 Å². The summed E-state index contributed by atoms with van der Waals surface area (Å²) in [6, 6.07) is 37.0. The summed E-state index contributed by atoms with van der Waals surface area (Å²) in [5, 5.41) is 7.99. The molecule has 0 spiro atoms. The molecule has 0 saturated carbocycles. The van der Waals surface area contributed by atoms with Crippen LogP contribution in [-0.4, -0.2) is 45.1 Å². The van der Waals surface area contributed by atoms with Crippen molar-refractivity contribution in [2.75, 3.05) is 48.4 Å². The Morgan fingerprint density at radius 3 is 2.14 bits per heavy atom. The molecule has 1 aliphatic heterocycles. The van der Waals surface area contributed by atoms with Crippen LogP contribution in [0.15, 0.2) is 115 Å². The fourth-order valence-electron chi connectivity index (χ4n) is 5.65. The third kappa shape index (κ3) is 6.16. The molecule has 7 heteroatoms. The Morgan fingerprint density at radius 1 is 0.674 bits per heavy atom. The second-order valence-electron chi connectivity index (χ2n) is 10.5. The Labute approximate surface area is 251 Å². The molecule has 1 heterocycles. The number of rotatable bonds is 8. The normalized spacial score (nSPS) is 13.0. The average molecular weight is 571 g/mol. The fraction of sp³-hybridized carbons (Fsp3) is 0.167. The van der Waals surface area contributed by atoms with Crippen molar-refractivity contribution in [2.24, 2.45) is 0 Å². The summed E-state index contributed by atoms with van der Waals surface area (Å²) in [6.07, 6.45) is 0. The molecule has 0 unspecified atom stereocenters. The maximum absolute atomic E-state index is 13.7. The summed E-state index contributed by atoms with van der Waals surface area (Å²) in [4.78, 5) is 31.6. The van der Waals surface area contributed by atoms with Crippen molar-refractivity contribution in [3.63, 3.8) is 0 Å². The van der Waals surface area contributed by atoms with Crippen LogP contribution in [0.4, 0.5) is 17.1 Å². The number of amides is 2. The molecular formula is C36H34N4O3. The van der Waals surface area contributed by atoms with Crippen molar-refractivity contribution in [1.29, 1.82) is 0 Å². The van der Waals surface area contributed by atoms with Gasteiger partial charge in [0.05, 0.1) is 18.4 Å². The second-order valence-corrected chi connectivity index (χ2v) is 10.5. The average Bonchev–Trinajstić information content (AvgIpc) is 3.07. The molecule has 5 aromatic carbocycles. The van der Waals surface area contributed by atoms with Gasteiger partial charge in [0.1, 0.15) is 5.75 Å². The van der Waals surface area contributed by atoms with Crippen LogP contribution in [0, 0.1) is 0 Å². The number of para-hydroxylation sites is 2. The third-order valence-corrected chi connectivity index (χ3v) is 7.88. The summed E-state index contributed by atoms with van der Waals surface area (Å²) in [5.74, 6) is 0.445. The minimum atomic E-state index is -0.217. The zero-order chi connectivity index (χ0) is 29.6. The largest absolute Gasteiger partial charge is 0.495 e. The second kappa shape index (κ2) is 12.7.